The molecule has 0 amide bonds. The van der Waals surface area contributed by atoms with Crippen LogP contribution in [0.1, 0.15) is 17.8 Å². The van der Waals surface area contributed by atoms with E-state index in [1.54, 1.807) is 10.6 Å². The highest BCUT2D eigenvalue weighted by atomic mass is 16.6. The van der Waals surface area contributed by atoms with Crippen molar-refractivity contribution in [2.45, 2.75) is 13.0 Å². The Bertz CT molecular complexity index is 1220. The molecule has 3 aromatic rings. The molecule has 1 aromatic heterocycles. The zero-order valence-corrected chi connectivity index (χ0v) is 16.3. The molecule has 3 heterocycles. The van der Waals surface area contributed by atoms with Crippen molar-refractivity contribution < 1.29 is 9.66 Å². The van der Waals surface area contributed by atoms with Crippen LogP contribution in [-0.2, 0) is 11.3 Å². The number of ether oxygens (including phenoxy) is 1. The van der Waals surface area contributed by atoms with Gasteiger partial charge in [-0.2, -0.15) is 0 Å². The number of anilines is 1. The lowest BCUT2D eigenvalue weighted by Gasteiger charge is -2.28. The lowest BCUT2D eigenvalue weighted by molar-refractivity contribution is -0.384. The lowest BCUT2D eigenvalue weighted by Crippen LogP contribution is -2.36. The molecule has 8 nitrogen and oxygen atoms in total. The average Bonchev–Trinajstić information content (AvgIpc) is 3.17. The fraction of sp³-hybridized carbons (Fsp3) is 0.273. The second-order valence-corrected chi connectivity index (χ2v) is 7.46. The summed E-state index contributed by atoms with van der Waals surface area (Å²) in [6.07, 6.45) is 2.76. The van der Waals surface area contributed by atoms with Crippen molar-refractivity contribution in [2.24, 2.45) is 0 Å². The highest BCUT2D eigenvalue weighted by Crippen LogP contribution is 2.29. The van der Waals surface area contributed by atoms with Gasteiger partial charge in [0.25, 0.3) is 11.2 Å². The van der Waals surface area contributed by atoms with E-state index in [0.29, 0.717) is 24.3 Å². The summed E-state index contributed by atoms with van der Waals surface area (Å²) in [6.45, 7) is 3.81. The summed E-state index contributed by atoms with van der Waals surface area (Å²) in [5, 5.41) is 11.3. The van der Waals surface area contributed by atoms with Crippen LogP contribution >= 0.6 is 0 Å². The number of benzene rings is 2. The van der Waals surface area contributed by atoms with E-state index in [1.807, 2.05) is 0 Å². The maximum absolute atomic E-state index is 12.9. The Morgan fingerprint density at radius 1 is 1.07 bits per heavy atom. The van der Waals surface area contributed by atoms with Gasteiger partial charge in [-0.1, -0.05) is 12.1 Å². The van der Waals surface area contributed by atoms with Crippen molar-refractivity contribution in [3.05, 3.63) is 74.3 Å². The van der Waals surface area contributed by atoms with E-state index >= 15 is 0 Å². The molecule has 0 aliphatic carbocycles. The summed E-state index contributed by atoms with van der Waals surface area (Å²) in [7, 11) is 0. The first-order chi connectivity index (χ1) is 14.6. The standard InChI is InChI=1S/C22H20N4O4/c27-22-19-14-18(26(28)29)5-6-20(19)23-21-16(7-8-25(21)22)13-15-1-3-17(4-2-15)24-9-11-30-12-10-24/h1-6,13-14H,7-12H2/b16-13-. The third-order valence-corrected chi connectivity index (χ3v) is 5.65. The summed E-state index contributed by atoms with van der Waals surface area (Å²) < 4.78 is 7.02. The van der Waals surface area contributed by atoms with E-state index < -0.39 is 4.92 Å². The number of rotatable bonds is 3. The highest BCUT2D eigenvalue weighted by Gasteiger charge is 2.22. The van der Waals surface area contributed by atoms with Crippen LogP contribution in [0.4, 0.5) is 11.4 Å². The topological polar surface area (TPSA) is 90.5 Å². The van der Waals surface area contributed by atoms with Gasteiger partial charge in [0.05, 0.1) is 29.0 Å². The summed E-state index contributed by atoms with van der Waals surface area (Å²) in [6, 6.07) is 12.6. The molecular weight excluding hydrogens is 384 g/mol. The molecule has 0 radical (unpaired) electrons. The minimum absolute atomic E-state index is 0.101. The van der Waals surface area contributed by atoms with Gasteiger partial charge in [-0.05, 0) is 41.8 Å². The molecule has 1 fully saturated rings. The van der Waals surface area contributed by atoms with Crippen LogP contribution < -0.4 is 10.5 Å². The Kier molecular flexibility index (Phi) is 4.55. The predicted octanol–water partition coefficient (Wildman–Crippen LogP) is 3.09. The van der Waals surface area contributed by atoms with Crippen LogP contribution in [0.3, 0.4) is 0 Å². The molecule has 2 aliphatic heterocycles. The second-order valence-electron chi connectivity index (χ2n) is 7.46. The van der Waals surface area contributed by atoms with Gasteiger partial charge in [-0.15, -0.1) is 0 Å². The molecule has 5 rings (SSSR count). The number of non-ortho nitro benzene ring substituents is 1. The molecule has 30 heavy (non-hydrogen) atoms. The number of hydrogen-bond donors (Lipinski definition) is 0. The largest absolute Gasteiger partial charge is 0.378 e. The zero-order valence-electron chi connectivity index (χ0n) is 16.3. The fourth-order valence-corrected chi connectivity index (χ4v) is 4.06. The molecular formula is C22H20N4O4. The molecule has 0 unspecified atom stereocenters. The van der Waals surface area contributed by atoms with E-state index in [9.17, 15) is 14.9 Å². The first-order valence-corrected chi connectivity index (χ1v) is 9.93. The quantitative estimate of drug-likeness (QED) is 0.492. The number of nitro groups is 1. The maximum Gasteiger partial charge on any atom is 0.270 e. The molecule has 2 aromatic carbocycles. The summed E-state index contributed by atoms with van der Waals surface area (Å²) in [5.41, 5.74) is 3.36. The van der Waals surface area contributed by atoms with E-state index in [-0.39, 0.29) is 16.6 Å². The van der Waals surface area contributed by atoms with Crippen LogP contribution in [0.5, 0.6) is 0 Å². The summed E-state index contributed by atoms with van der Waals surface area (Å²) >= 11 is 0. The molecule has 152 valence electrons. The summed E-state index contributed by atoms with van der Waals surface area (Å²) in [5.74, 6) is 0.638. The molecule has 2 aliphatic rings. The number of fused-ring (bicyclic) bond motifs is 2. The van der Waals surface area contributed by atoms with E-state index in [0.717, 1.165) is 37.4 Å². The second kappa shape index (κ2) is 7.38. The normalized spacial score (nSPS) is 17.5. The Balaban J connectivity index is 1.48. The Hall–Kier alpha value is -3.52. The van der Waals surface area contributed by atoms with Crippen molar-refractivity contribution in [1.29, 1.82) is 0 Å². The van der Waals surface area contributed by atoms with E-state index in [4.69, 9.17) is 4.74 Å². The van der Waals surface area contributed by atoms with Crippen LogP contribution in [0.25, 0.3) is 22.6 Å². The number of nitro benzene ring substituents is 1. The van der Waals surface area contributed by atoms with Gasteiger partial charge in [-0.3, -0.25) is 19.5 Å². The van der Waals surface area contributed by atoms with Crippen molar-refractivity contribution >= 4 is 33.9 Å². The molecule has 0 saturated carbocycles. The van der Waals surface area contributed by atoms with Gasteiger partial charge in [0.1, 0.15) is 5.82 Å². The Morgan fingerprint density at radius 2 is 1.83 bits per heavy atom. The number of hydrogen-bond acceptors (Lipinski definition) is 6. The van der Waals surface area contributed by atoms with Crippen molar-refractivity contribution in [1.82, 2.24) is 9.55 Å². The molecule has 8 heteroatoms. The first kappa shape index (κ1) is 18.5. The zero-order chi connectivity index (χ0) is 20.7. The number of morpholine rings is 1. The van der Waals surface area contributed by atoms with Crippen molar-refractivity contribution in [2.75, 3.05) is 31.2 Å². The lowest BCUT2D eigenvalue weighted by atomic mass is 10.1. The third-order valence-electron chi connectivity index (χ3n) is 5.65. The van der Waals surface area contributed by atoms with Gasteiger partial charge in [0.15, 0.2) is 0 Å². The van der Waals surface area contributed by atoms with Crippen LogP contribution in [-0.4, -0.2) is 40.8 Å². The minimum atomic E-state index is -0.497. The van der Waals surface area contributed by atoms with Gasteiger partial charge < -0.3 is 9.64 Å². The summed E-state index contributed by atoms with van der Waals surface area (Å²) in [4.78, 5) is 30.3. The molecule has 0 bridgehead atoms. The number of allylic oxidation sites excluding steroid dienone is 1. The van der Waals surface area contributed by atoms with Crippen LogP contribution in [0.15, 0.2) is 47.3 Å². The van der Waals surface area contributed by atoms with Gasteiger partial charge >= 0.3 is 0 Å². The highest BCUT2D eigenvalue weighted by molar-refractivity contribution is 5.85. The van der Waals surface area contributed by atoms with E-state index in [2.05, 4.69) is 40.2 Å². The molecule has 0 N–H and O–H groups in total. The monoisotopic (exact) mass is 404 g/mol. The number of nitrogens with zero attached hydrogens (tertiary/aromatic N) is 4. The number of aromatic nitrogens is 2. The van der Waals surface area contributed by atoms with Crippen molar-refractivity contribution in [3.63, 3.8) is 0 Å². The third kappa shape index (κ3) is 3.25. The molecule has 0 spiro atoms. The minimum Gasteiger partial charge on any atom is -0.378 e. The Labute approximate surface area is 172 Å². The predicted molar refractivity (Wildman–Crippen MR) is 115 cm³/mol. The average molecular weight is 404 g/mol. The van der Waals surface area contributed by atoms with E-state index in [1.165, 1.54) is 17.8 Å². The smallest absolute Gasteiger partial charge is 0.270 e. The molecule has 1 saturated heterocycles. The maximum atomic E-state index is 12.9. The molecule has 0 atom stereocenters. The van der Waals surface area contributed by atoms with Gasteiger partial charge in [0.2, 0.25) is 0 Å². The fourth-order valence-electron chi connectivity index (χ4n) is 4.06. The van der Waals surface area contributed by atoms with Gasteiger partial charge in [-0.25, -0.2) is 4.98 Å². The van der Waals surface area contributed by atoms with Crippen LogP contribution in [0, 0.1) is 10.1 Å². The Morgan fingerprint density at radius 3 is 2.57 bits per heavy atom. The SMILES string of the molecule is O=c1c2cc([N+](=O)[O-])ccc2nc2n1CC/C2=C/c1ccc(N2CCOCC2)cc1. The van der Waals surface area contributed by atoms with Crippen LogP contribution in [0.2, 0.25) is 0 Å². The van der Waals surface area contributed by atoms with Crippen molar-refractivity contribution in [3.8, 4) is 0 Å². The first-order valence-electron chi connectivity index (χ1n) is 9.93. The van der Waals surface area contributed by atoms with Gasteiger partial charge in [0, 0.05) is 37.5 Å².